The van der Waals surface area contributed by atoms with Crippen LogP contribution in [0.2, 0.25) is 0 Å². The average Bonchev–Trinajstić information content (AvgIpc) is 3.50. The molecule has 0 amide bonds. The standard InChI is InChI=1S/C12H13N3O2.C7H7Cl/c16-9-7-8(13-1-2-13)12(17)11(15-5-6-15)10(9)14-3-4-14;8-6-7-4-2-1-3-5-7/h7H,1-6H2;1-5H,6H2. The Labute approximate surface area is 152 Å². The zero-order valence-electron chi connectivity index (χ0n) is 13.9. The number of ketones is 2. The van der Waals surface area contributed by atoms with Crippen LogP contribution in [0.15, 0.2) is 53.5 Å². The number of alkyl halides is 1. The molecule has 5 nitrogen and oxygen atoms in total. The average molecular weight is 358 g/mol. The molecule has 0 bridgehead atoms. The number of hydrogen-bond donors (Lipinski definition) is 0. The summed E-state index contributed by atoms with van der Waals surface area (Å²) in [5, 5.41) is 0. The van der Waals surface area contributed by atoms with Gasteiger partial charge in [-0.25, -0.2) is 0 Å². The van der Waals surface area contributed by atoms with E-state index in [4.69, 9.17) is 11.6 Å². The first-order valence-electron chi connectivity index (χ1n) is 8.59. The zero-order chi connectivity index (χ0) is 17.4. The summed E-state index contributed by atoms with van der Waals surface area (Å²) in [6.07, 6.45) is 1.52. The van der Waals surface area contributed by atoms with E-state index in [9.17, 15) is 9.59 Å². The highest BCUT2D eigenvalue weighted by atomic mass is 35.5. The quantitative estimate of drug-likeness (QED) is 0.465. The maximum atomic E-state index is 12.4. The van der Waals surface area contributed by atoms with Crippen molar-refractivity contribution >= 4 is 23.2 Å². The molecule has 0 N–H and O–H groups in total. The fraction of sp³-hybridized carbons (Fsp3) is 0.368. The van der Waals surface area contributed by atoms with Crippen LogP contribution in [0.4, 0.5) is 0 Å². The predicted octanol–water partition coefficient (Wildman–Crippen LogP) is 1.61. The molecular weight excluding hydrogens is 338 g/mol. The first kappa shape index (κ1) is 16.2. The molecule has 3 aliphatic heterocycles. The fourth-order valence-electron chi connectivity index (χ4n) is 2.84. The molecule has 3 saturated heterocycles. The molecule has 25 heavy (non-hydrogen) atoms. The van der Waals surface area contributed by atoms with Crippen LogP contribution >= 0.6 is 11.6 Å². The molecule has 1 aliphatic carbocycles. The summed E-state index contributed by atoms with van der Waals surface area (Å²) in [7, 11) is 0. The number of allylic oxidation sites excluding steroid dienone is 1. The van der Waals surface area contributed by atoms with Crippen LogP contribution in [-0.2, 0) is 15.5 Å². The van der Waals surface area contributed by atoms with Gasteiger partial charge in [-0.15, -0.1) is 11.6 Å². The first-order valence-corrected chi connectivity index (χ1v) is 9.12. The fourth-order valence-corrected chi connectivity index (χ4v) is 3.02. The van der Waals surface area contributed by atoms with Crippen LogP contribution in [0, 0.1) is 0 Å². The van der Waals surface area contributed by atoms with E-state index in [0.29, 0.717) is 23.0 Å². The lowest BCUT2D eigenvalue weighted by molar-refractivity contribution is -0.117. The van der Waals surface area contributed by atoms with E-state index < -0.39 is 0 Å². The van der Waals surface area contributed by atoms with Gasteiger partial charge < -0.3 is 14.7 Å². The SMILES string of the molecule is ClCc1ccccc1.O=C1C=C(N2CC2)C(=O)C(N2CC2)=C1N1CC1. The van der Waals surface area contributed by atoms with Gasteiger partial charge in [0.25, 0.3) is 0 Å². The maximum absolute atomic E-state index is 12.4. The number of carbonyl (C=O) groups excluding carboxylic acids is 2. The summed E-state index contributed by atoms with van der Waals surface area (Å²) < 4.78 is 0. The predicted molar refractivity (Wildman–Crippen MR) is 95.8 cm³/mol. The number of nitrogens with zero attached hydrogens (tertiary/aromatic N) is 3. The molecule has 0 saturated carbocycles. The molecule has 4 aliphatic rings. The monoisotopic (exact) mass is 357 g/mol. The van der Waals surface area contributed by atoms with Crippen molar-refractivity contribution < 1.29 is 9.59 Å². The number of rotatable bonds is 4. The van der Waals surface area contributed by atoms with Gasteiger partial charge in [-0.1, -0.05) is 30.3 Å². The smallest absolute Gasteiger partial charge is 0.227 e. The molecule has 1 aromatic carbocycles. The number of Topliss-reactive ketones (excluding diaryl/α,β-unsaturated/α-hetero) is 1. The molecule has 0 unspecified atom stereocenters. The number of benzene rings is 1. The van der Waals surface area contributed by atoms with E-state index >= 15 is 0 Å². The van der Waals surface area contributed by atoms with Crippen LogP contribution < -0.4 is 0 Å². The van der Waals surface area contributed by atoms with E-state index in [1.807, 2.05) is 45.0 Å². The van der Waals surface area contributed by atoms with Crippen LogP contribution in [0.25, 0.3) is 0 Å². The molecular formula is C19H20ClN3O2. The normalized spacial score (nSPS) is 21.0. The number of hydrogen-bond acceptors (Lipinski definition) is 5. The van der Waals surface area contributed by atoms with Gasteiger partial charge in [0.2, 0.25) is 11.6 Å². The third kappa shape index (κ3) is 3.56. The lowest BCUT2D eigenvalue weighted by Crippen LogP contribution is -2.29. The minimum Gasteiger partial charge on any atom is -0.365 e. The van der Waals surface area contributed by atoms with Gasteiger partial charge in [-0.3, -0.25) is 9.59 Å². The zero-order valence-corrected chi connectivity index (χ0v) is 14.7. The minimum absolute atomic E-state index is 0.00546. The van der Waals surface area contributed by atoms with Crippen molar-refractivity contribution in [3.63, 3.8) is 0 Å². The summed E-state index contributed by atoms with van der Waals surface area (Å²) in [5.41, 5.74) is 3.06. The summed E-state index contributed by atoms with van der Waals surface area (Å²) in [5.74, 6) is 0.660. The van der Waals surface area contributed by atoms with Gasteiger partial charge in [-0.05, 0) is 5.56 Å². The maximum Gasteiger partial charge on any atom is 0.227 e. The van der Waals surface area contributed by atoms with Gasteiger partial charge in [-0.2, -0.15) is 0 Å². The van der Waals surface area contributed by atoms with Crippen LogP contribution in [-0.4, -0.2) is 65.5 Å². The molecule has 130 valence electrons. The Bertz CT molecular complexity index is 760. The van der Waals surface area contributed by atoms with Crippen molar-refractivity contribution in [3.05, 3.63) is 59.1 Å². The lowest BCUT2D eigenvalue weighted by Gasteiger charge is -2.21. The minimum atomic E-state index is 0.00546. The highest BCUT2D eigenvalue weighted by Gasteiger charge is 2.43. The third-order valence-corrected chi connectivity index (χ3v) is 4.79. The van der Waals surface area contributed by atoms with Crippen molar-refractivity contribution in [2.24, 2.45) is 0 Å². The second kappa shape index (κ2) is 6.56. The van der Waals surface area contributed by atoms with Crippen molar-refractivity contribution in [1.82, 2.24) is 14.7 Å². The Morgan fingerprint density at radius 2 is 1.36 bits per heavy atom. The second-order valence-electron chi connectivity index (χ2n) is 6.50. The molecule has 5 rings (SSSR count). The van der Waals surface area contributed by atoms with Crippen molar-refractivity contribution in [1.29, 1.82) is 0 Å². The van der Waals surface area contributed by atoms with Crippen molar-refractivity contribution in [2.75, 3.05) is 39.3 Å². The Morgan fingerprint density at radius 3 is 1.84 bits per heavy atom. The highest BCUT2D eigenvalue weighted by Crippen LogP contribution is 2.33. The molecule has 1 aromatic rings. The van der Waals surface area contributed by atoms with E-state index in [0.717, 1.165) is 39.3 Å². The van der Waals surface area contributed by atoms with Crippen LogP contribution in [0.5, 0.6) is 0 Å². The lowest BCUT2D eigenvalue weighted by atomic mass is 10.0. The summed E-state index contributed by atoms with van der Waals surface area (Å²) >= 11 is 5.53. The molecule has 3 fully saturated rings. The van der Waals surface area contributed by atoms with Crippen LogP contribution in [0.3, 0.4) is 0 Å². The largest absolute Gasteiger partial charge is 0.365 e. The van der Waals surface area contributed by atoms with Gasteiger partial charge >= 0.3 is 0 Å². The Kier molecular flexibility index (Phi) is 4.25. The summed E-state index contributed by atoms with van der Waals surface area (Å²) in [6, 6.07) is 9.96. The Balaban J connectivity index is 0.000000166. The van der Waals surface area contributed by atoms with Gasteiger partial charge in [0, 0.05) is 51.2 Å². The molecule has 0 atom stereocenters. The Hall–Kier alpha value is -2.27. The topological polar surface area (TPSA) is 43.2 Å². The van der Waals surface area contributed by atoms with E-state index in [1.165, 1.54) is 11.6 Å². The highest BCUT2D eigenvalue weighted by molar-refractivity contribution is 6.22. The van der Waals surface area contributed by atoms with Gasteiger partial charge in [0.15, 0.2) is 0 Å². The van der Waals surface area contributed by atoms with Crippen LogP contribution in [0.1, 0.15) is 5.56 Å². The Morgan fingerprint density at radius 1 is 0.800 bits per heavy atom. The van der Waals surface area contributed by atoms with E-state index in [2.05, 4.69) is 0 Å². The number of carbonyl (C=O) groups is 2. The van der Waals surface area contributed by atoms with E-state index in [-0.39, 0.29) is 11.6 Å². The first-order chi connectivity index (χ1) is 12.2. The van der Waals surface area contributed by atoms with Gasteiger partial charge in [0.05, 0.1) is 5.70 Å². The summed E-state index contributed by atoms with van der Waals surface area (Å²) in [6.45, 7) is 5.41. The molecule has 0 radical (unpaired) electrons. The van der Waals surface area contributed by atoms with E-state index in [1.54, 1.807) is 0 Å². The second-order valence-corrected chi connectivity index (χ2v) is 6.77. The molecule has 3 heterocycles. The van der Waals surface area contributed by atoms with Gasteiger partial charge in [0.1, 0.15) is 11.4 Å². The third-order valence-electron chi connectivity index (χ3n) is 4.49. The molecule has 0 aromatic heterocycles. The summed E-state index contributed by atoms with van der Waals surface area (Å²) in [4.78, 5) is 30.5. The number of halogens is 1. The molecule has 6 heteroatoms. The molecule has 0 spiro atoms. The van der Waals surface area contributed by atoms with Crippen molar-refractivity contribution in [3.8, 4) is 0 Å². The van der Waals surface area contributed by atoms with Crippen molar-refractivity contribution in [2.45, 2.75) is 5.88 Å².